The van der Waals surface area contributed by atoms with E-state index in [0.29, 0.717) is 12.5 Å². The van der Waals surface area contributed by atoms with Crippen LogP contribution in [0.4, 0.5) is 0 Å². The molecule has 2 heterocycles. The smallest absolute Gasteiger partial charge is 0.245 e. The lowest BCUT2D eigenvalue weighted by molar-refractivity contribution is -0.144. The lowest BCUT2D eigenvalue weighted by atomic mass is 10.1. The maximum absolute atomic E-state index is 12.5. The predicted molar refractivity (Wildman–Crippen MR) is 155 cm³/mol. The van der Waals surface area contributed by atoms with Crippen LogP contribution in [0.3, 0.4) is 0 Å². The second kappa shape index (κ2) is 23.2. The lowest BCUT2D eigenvalue weighted by Gasteiger charge is -2.30. The van der Waals surface area contributed by atoms with Crippen molar-refractivity contribution in [3.63, 3.8) is 0 Å². The Kier molecular flexibility index (Phi) is 22.8. The van der Waals surface area contributed by atoms with Crippen LogP contribution >= 0.6 is 0 Å². The molecular weight excluding hydrogens is 482 g/mol. The van der Waals surface area contributed by atoms with Gasteiger partial charge in [-0.25, -0.2) is 0 Å². The predicted octanol–water partition coefficient (Wildman–Crippen LogP) is 5.30. The Balaban J connectivity index is 0. The van der Waals surface area contributed by atoms with Gasteiger partial charge in [0.25, 0.3) is 0 Å². The van der Waals surface area contributed by atoms with E-state index in [1.54, 1.807) is 14.0 Å². The van der Waals surface area contributed by atoms with Crippen molar-refractivity contribution < 1.29 is 23.9 Å². The minimum absolute atomic E-state index is 0.153. The third-order valence-electron chi connectivity index (χ3n) is 5.99. The van der Waals surface area contributed by atoms with Crippen LogP contribution in [0, 0.1) is 6.92 Å². The molecule has 0 radical (unpaired) electrons. The van der Waals surface area contributed by atoms with Crippen LogP contribution in [0.1, 0.15) is 98.5 Å². The molecule has 1 aromatic rings. The van der Waals surface area contributed by atoms with E-state index in [9.17, 15) is 14.4 Å². The van der Waals surface area contributed by atoms with Gasteiger partial charge < -0.3 is 25.1 Å². The van der Waals surface area contributed by atoms with Crippen LogP contribution < -0.4 is 10.5 Å². The first-order chi connectivity index (χ1) is 18.2. The van der Waals surface area contributed by atoms with Gasteiger partial charge in [0, 0.05) is 32.0 Å². The monoisotopic (exact) mass is 535 g/mol. The Labute approximate surface area is 231 Å². The highest BCUT2D eigenvalue weighted by molar-refractivity contribution is 5.88. The first kappa shape index (κ1) is 37.3. The summed E-state index contributed by atoms with van der Waals surface area (Å²) in [5.74, 6) is 1.55. The summed E-state index contributed by atoms with van der Waals surface area (Å²) in [5, 5.41) is 0. The van der Waals surface area contributed by atoms with Crippen molar-refractivity contribution in [2.75, 3.05) is 20.2 Å². The molecule has 2 saturated heterocycles. The molecule has 3 amide bonds. The molecule has 2 aliphatic rings. The fourth-order valence-electron chi connectivity index (χ4n) is 4.23. The zero-order chi connectivity index (χ0) is 29.5. The largest absolute Gasteiger partial charge is 0.497 e. The van der Waals surface area contributed by atoms with Crippen molar-refractivity contribution in [3.8, 4) is 5.75 Å². The molecule has 3 rings (SSSR count). The van der Waals surface area contributed by atoms with E-state index >= 15 is 0 Å². The molecule has 0 bridgehead atoms. The normalized spacial score (nSPS) is 17.2. The number of benzene rings is 1. The summed E-state index contributed by atoms with van der Waals surface area (Å²) >= 11 is 0. The molecule has 2 fully saturated rings. The summed E-state index contributed by atoms with van der Waals surface area (Å²) < 4.78 is 5.00. The molecule has 0 aromatic heterocycles. The SMILES string of the molecule is CC.CCCC(=O)N1CCCC1C(=O)N1CCCC1C.CCCC(C)=O.COc1cccc(C)c1.NC=O. The number of ether oxygens (including phenoxy) is 1. The number of primary amides is 1. The van der Waals surface area contributed by atoms with Crippen LogP contribution in [-0.2, 0) is 19.2 Å². The maximum atomic E-state index is 12.5. The van der Waals surface area contributed by atoms with E-state index in [2.05, 4.69) is 12.7 Å². The van der Waals surface area contributed by atoms with Crippen LogP contribution in [0.15, 0.2) is 24.3 Å². The highest BCUT2D eigenvalue weighted by Gasteiger charge is 2.38. The molecule has 0 aliphatic carbocycles. The molecule has 8 heteroatoms. The summed E-state index contributed by atoms with van der Waals surface area (Å²) in [5.41, 5.74) is 5.40. The van der Waals surface area contributed by atoms with Gasteiger partial charge in [0.15, 0.2) is 0 Å². The third-order valence-corrected chi connectivity index (χ3v) is 5.99. The van der Waals surface area contributed by atoms with Gasteiger partial charge in [0.1, 0.15) is 17.6 Å². The van der Waals surface area contributed by atoms with Gasteiger partial charge in [-0.1, -0.05) is 39.8 Å². The Hall–Kier alpha value is -2.90. The molecule has 1 aromatic carbocycles. The van der Waals surface area contributed by atoms with Crippen molar-refractivity contribution in [2.45, 2.75) is 112 Å². The average molecular weight is 536 g/mol. The van der Waals surface area contributed by atoms with Crippen molar-refractivity contribution in [1.82, 2.24) is 9.80 Å². The number of amides is 3. The minimum Gasteiger partial charge on any atom is -0.497 e. The Morgan fingerprint density at radius 2 is 1.58 bits per heavy atom. The highest BCUT2D eigenvalue weighted by atomic mass is 16.5. The van der Waals surface area contributed by atoms with Gasteiger partial charge in [-0.05, 0) is 77.0 Å². The number of hydrogen-bond acceptors (Lipinski definition) is 5. The van der Waals surface area contributed by atoms with E-state index < -0.39 is 0 Å². The van der Waals surface area contributed by atoms with E-state index in [0.717, 1.165) is 63.8 Å². The van der Waals surface area contributed by atoms with Gasteiger partial charge >= 0.3 is 0 Å². The topological polar surface area (TPSA) is 110 Å². The maximum Gasteiger partial charge on any atom is 0.245 e. The zero-order valence-electron chi connectivity index (χ0n) is 25.1. The second-order valence-electron chi connectivity index (χ2n) is 9.13. The summed E-state index contributed by atoms with van der Waals surface area (Å²) in [7, 11) is 1.68. The molecule has 8 nitrogen and oxygen atoms in total. The summed E-state index contributed by atoms with van der Waals surface area (Å²) in [6, 6.07) is 8.13. The van der Waals surface area contributed by atoms with Crippen LogP contribution in [0.2, 0.25) is 0 Å². The average Bonchev–Trinajstić information content (AvgIpc) is 3.56. The molecule has 2 aliphatic heterocycles. The summed E-state index contributed by atoms with van der Waals surface area (Å²) in [6.07, 6.45) is 7.40. The standard InChI is InChI=1S/C14H24N2O2.C8H10O.C5H10O.C2H6.CH3NO/c1-3-6-13(17)16-10-5-8-12(16)14(18)15-9-4-7-11(15)2;1-7-4-3-5-8(6-7)9-2;1-3-4-5(2)6;1-2;2-1-3/h11-12H,3-10H2,1-2H3;3-6H,1-2H3;3-4H2,1-2H3;1-2H3;1H,(H2,2,3). The van der Waals surface area contributed by atoms with E-state index in [-0.39, 0.29) is 30.0 Å². The summed E-state index contributed by atoms with van der Waals surface area (Å²) in [6.45, 7) is 15.4. The van der Waals surface area contributed by atoms with Crippen LogP contribution in [0.5, 0.6) is 5.75 Å². The number of methoxy groups -OCH3 is 1. The molecule has 218 valence electrons. The van der Waals surface area contributed by atoms with Gasteiger partial charge in [0.05, 0.1) is 7.11 Å². The first-order valence-electron chi connectivity index (χ1n) is 14.0. The molecule has 2 atom stereocenters. The fraction of sp³-hybridized carbons (Fsp3) is 0.667. The van der Waals surface area contributed by atoms with E-state index in [1.807, 2.05) is 68.7 Å². The van der Waals surface area contributed by atoms with E-state index in [1.165, 1.54) is 5.56 Å². The van der Waals surface area contributed by atoms with Crippen molar-refractivity contribution in [2.24, 2.45) is 5.73 Å². The minimum atomic E-state index is -0.176. The molecule has 0 spiro atoms. The van der Waals surface area contributed by atoms with Crippen LogP contribution in [-0.4, -0.2) is 66.1 Å². The molecule has 0 saturated carbocycles. The Morgan fingerprint density at radius 1 is 1.03 bits per heavy atom. The fourth-order valence-corrected chi connectivity index (χ4v) is 4.23. The molecular formula is C30H53N3O5. The number of likely N-dealkylation sites (tertiary alicyclic amines) is 2. The van der Waals surface area contributed by atoms with Crippen molar-refractivity contribution in [3.05, 3.63) is 29.8 Å². The molecule has 38 heavy (non-hydrogen) atoms. The highest BCUT2D eigenvalue weighted by Crippen LogP contribution is 2.25. The van der Waals surface area contributed by atoms with Gasteiger partial charge in [-0.15, -0.1) is 0 Å². The zero-order valence-corrected chi connectivity index (χ0v) is 25.1. The van der Waals surface area contributed by atoms with Crippen molar-refractivity contribution in [1.29, 1.82) is 0 Å². The number of hydrogen-bond donors (Lipinski definition) is 1. The number of ketones is 1. The van der Waals surface area contributed by atoms with Crippen LogP contribution in [0.25, 0.3) is 0 Å². The van der Waals surface area contributed by atoms with Gasteiger partial charge in [-0.2, -0.15) is 0 Å². The lowest BCUT2D eigenvalue weighted by Crippen LogP contribution is -2.48. The van der Waals surface area contributed by atoms with Gasteiger partial charge in [-0.3, -0.25) is 14.4 Å². The number of aryl methyl sites for hydroxylation is 1. The summed E-state index contributed by atoms with van der Waals surface area (Å²) in [4.78, 5) is 46.9. The number of nitrogens with two attached hydrogens (primary N) is 1. The number of carbonyl (C=O) groups excluding carboxylic acids is 4. The quantitative estimate of drug-likeness (QED) is 0.497. The number of Topliss-reactive ketones (excluding diaryl/α,β-unsaturated/α-hetero) is 1. The first-order valence-corrected chi connectivity index (χ1v) is 14.0. The third kappa shape index (κ3) is 15.4. The van der Waals surface area contributed by atoms with Gasteiger partial charge in [0.2, 0.25) is 18.2 Å². The second-order valence-corrected chi connectivity index (χ2v) is 9.13. The molecule has 2 N–H and O–H groups in total. The number of nitrogens with zero attached hydrogens (tertiary/aromatic N) is 2. The number of rotatable bonds is 6. The van der Waals surface area contributed by atoms with E-state index in [4.69, 9.17) is 9.53 Å². The Morgan fingerprint density at radius 3 is 1.97 bits per heavy atom. The van der Waals surface area contributed by atoms with Crippen molar-refractivity contribution >= 4 is 24.0 Å². The molecule has 2 unspecified atom stereocenters. The Bertz CT molecular complexity index is 800. The number of carbonyl (C=O) groups is 4.